The van der Waals surface area contributed by atoms with E-state index in [-0.39, 0.29) is 12.3 Å². The summed E-state index contributed by atoms with van der Waals surface area (Å²) < 4.78 is 12.7. The van der Waals surface area contributed by atoms with Crippen molar-refractivity contribution in [3.63, 3.8) is 0 Å². The number of hydrazone groups is 1. The Balaban J connectivity index is 1.57. The van der Waals surface area contributed by atoms with E-state index in [1.165, 1.54) is 0 Å². The molecule has 6 heteroatoms. The van der Waals surface area contributed by atoms with Crippen LogP contribution in [0, 0.1) is 0 Å². The third kappa shape index (κ3) is 3.38. The molecule has 29 heavy (non-hydrogen) atoms. The standard InChI is InChI=1S/C23H18BrClN2O2/c1-28-18-9-4-14(5-10-18)20-13-21-19-12-16(24)6-11-22(19)29-23(27(21)26-20)15-2-7-17(25)8-3-15/h2-12,21,23H,13H2,1H3/t21-,23+/m1/s1. The highest BCUT2D eigenvalue weighted by atomic mass is 79.9. The van der Waals surface area contributed by atoms with Crippen LogP contribution in [0.3, 0.4) is 0 Å². The fourth-order valence-corrected chi connectivity index (χ4v) is 4.37. The van der Waals surface area contributed by atoms with E-state index in [9.17, 15) is 0 Å². The lowest BCUT2D eigenvalue weighted by Gasteiger charge is -2.38. The molecule has 0 N–H and O–H groups in total. The molecule has 0 aliphatic carbocycles. The summed E-state index contributed by atoms with van der Waals surface area (Å²) in [5.74, 6) is 1.72. The number of hydrogen-bond acceptors (Lipinski definition) is 4. The van der Waals surface area contributed by atoms with Gasteiger partial charge in [0.25, 0.3) is 0 Å². The van der Waals surface area contributed by atoms with Crippen molar-refractivity contribution < 1.29 is 9.47 Å². The third-order valence-corrected chi connectivity index (χ3v) is 6.08. The van der Waals surface area contributed by atoms with E-state index in [0.29, 0.717) is 5.02 Å². The van der Waals surface area contributed by atoms with Crippen LogP contribution in [0.25, 0.3) is 0 Å². The van der Waals surface area contributed by atoms with Gasteiger partial charge in [0.2, 0.25) is 6.23 Å². The topological polar surface area (TPSA) is 34.1 Å². The molecule has 0 fully saturated rings. The van der Waals surface area contributed by atoms with Crippen LogP contribution < -0.4 is 9.47 Å². The maximum Gasteiger partial charge on any atom is 0.213 e. The lowest BCUT2D eigenvalue weighted by atomic mass is 9.96. The molecule has 0 amide bonds. The molecular formula is C23H18BrClN2O2. The minimum atomic E-state index is -0.304. The minimum absolute atomic E-state index is 0.106. The van der Waals surface area contributed by atoms with Crippen LogP contribution in [-0.4, -0.2) is 17.8 Å². The van der Waals surface area contributed by atoms with E-state index in [2.05, 4.69) is 39.1 Å². The van der Waals surface area contributed by atoms with Crippen LogP contribution in [0.4, 0.5) is 0 Å². The monoisotopic (exact) mass is 468 g/mol. The molecule has 5 rings (SSSR count). The second-order valence-corrected chi connectivity index (χ2v) is 8.43. The van der Waals surface area contributed by atoms with Gasteiger partial charge >= 0.3 is 0 Å². The molecule has 0 spiro atoms. The molecule has 0 radical (unpaired) electrons. The predicted octanol–water partition coefficient (Wildman–Crippen LogP) is 6.35. The molecule has 0 saturated carbocycles. The van der Waals surface area contributed by atoms with Gasteiger partial charge in [-0.15, -0.1) is 0 Å². The van der Waals surface area contributed by atoms with Gasteiger partial charge in [-0.1, -0.05) is 39.7 Å². The number of methoxy groups -OCH3 is 1. The first-order chi connectivity index (χ1) is 14.1. The summed E-state index contributed by atoms with van der Waals surface area (Å²) in [5, 5.41) is 7.75. The fraction of sp³-hybridized carbons (Fsp3) is 0.174. The molecule has 2 aliphatic rings. The molecule has 2 atom stereocenters. The van der Waals surface area contributed by atoms with Crippen LogP contribution in [0.1, 0.15) is 35.4 Å². The summed E-state index contributed by atoms with van der Waals surface area (Å²) in [7, 11) is 1.67. The quantitative estimate of drug-likeness (QED) is 0.448. The van der Waals surface area contributed by atoms with Crippen LogP contribution in [-0.2, 0) is 0 Å². The minimum Gasteiger partial charge on any atom is -0.497 e. The zero-order chi connectivity index (χ0) is 20.0. The van der Waals surface area contributed by atoms with E-state index < -0.39 is 0 Å². The Morgan fingerprint density at radius 2 is 1.83 bits per heavy atom. The lowest BCUT2D eigenvalue weighted by molar-refractivity contribution is -0.0190. The molecule has 3 aromatic carbocycles. The van der Waals surface area contributed by atoms with E-state index in [1.807, 2.05) is 48.5 Å². The Morgan fingerprint density at radius 1 is 1.07 bits per heavy atom. The lowest BCUT2D eigenvalue weighted by Crippen LogP contribution is -2.33. The summed E-state index contributed by atoms with van der Waals surface area (Å²) >= 11 is 9.68. The van der Waals surface area contributed by atoms with Crippen LogP contribution in [0.2, 0.25) is 5.02 Å². The van der Waals surface area contributed by atoms with Crippen molar-refractivity contribution in [2.24, 2.45) is 5.10 Å². The van der Waals surface area contributed by atoms with Crippen molar-refractivity contribution >= 4 is 33.2 Å². The fourth-order valence-electron chi connectivity index (χ4n) is 3.86. The largest absolute Gasteiger partial charge is 0.497 e. The molecule has 3 aromatic rings. The Kier molecular flexibility index (Phi) is 4.72. The van der Waals surface area contributed by atoms with E-state index in [4.69, 9.17) is 26.2 Å². The average molecular weight is 470 g/mol. The summed E-state index contributed by atoms with van der Waals surface area (Å²) in [4.78, 5) is 0. The van der Waals surface area contributed by atoms with Gasteiger partial charge in [0, 0.05) is 27.0 Å². The van der Waals surface area contributed by atoms with Gasteiger partial charge in [-0.25, -0.2) is 5.01 Å². The van der Waals surface area contributed by atoms with Crippen molar-refractivity contribution in [3.05, 3.63) is 92.9 Å². The second kappa shape index (κ2) is 7.39. The molecule has 0 saturated heterocycles. The summed E-state index contributed by atoms with van der Waals surface area (Å²) in [5.41, 5.74) is 4.28. The normalized spacial score (nSPS) is 19.8. The number of rotatable bonds is 3. The van der Waals surface area contributed by atoms with Crippen LogP contribution in [0.15, 0.2) is 76.3 Å². The Labute approximate surface area is 182 Å². The van der Waals surface area contributed by atoms with Crippen molar-refractivity contribution in [2.45, 2.75) is 18.7 Å². The number of halogens is 2. The van der Waals surface area contributed by atoms with Crippen molar-refractivity contribution in [1.82, 2.24) is 5.01 Å². The maximum absolute atomic E-state index is 6.38. The second-order valence-electron chi connectivity index (χ2n) is 7.08. The highest BCUT2D eigenvalue weighted by molar-refractivity contribution is 9.10. The molecule has 4 nitrogen and oxygen atoms in total. The first kappa shape index (κ1) is 18.5. The first-order valence-electron chi connectivity index (χ1n) is 9.34. The number of nitrogens with zero attached hydrogens (tertiary/aromatic N) is 2. The molecule has 0 aromatic heterocycles. The van der Waals surface area contributed by atoms with Crippen LogP contribution >= 0.6 is 27.5 Å². The molecular weight excluding hydrogens is 452 g/mol. The van der Waals surface area contributed by atoms with Crippen LogP contribution in [0.5, 0.6) is 11.5 Å². The first-order valence-corrected chi connectivity index (χ1v) is 10.5. The smallest absolute Gasteiger partial charge is 0.213 e. The van der Waals surface area contributed by atoms with E-state index >= 15 is 0 Å². The number of fused-ring (bicyclic) bond motifs is 3. The van der Waals surface area contributed by atoms with E-state index in [0.717, 1.165) is 44.8 Å². The molecule has 2 aliphatic heterocycles. The van der Waals surface area contributed by atoms with Gasteiger partial charge in [0.1, 0.15) is 11.5 Å². The molecule has 0 bridgehead atoms. The van der Waals surface area contributed by atoms with Crippen molar-refractivity contribution in [3.8, 4) is 11.5 Å². The highest BCUT2D eigenvalue weighted by Gasteiger charge is 2.41. The van der Waals surface area contributed by atoms with Gasteiger partial charge in [0.05, 0.1) is 18.9 Å². The number of benzene rings is 3. The third-order valence-electron chi connectivity index (χ3n) is 5.33. The average Bonchev–Trinajstić information content (AvgIpc) is 3.20. The van der Waals surface area contributed by atoms with Gasteiger partial charge < -0.3 is 9.47 Å². The van der Waals surface area contributed by atoms with Gasteiger partial charge in [0.15, 0.2) is 0 Å². The SMILES string of the molecule is COc1ccc(C2=NN3[C@H](C2)c2cc(Br)ccc2O[C@H]3c2ccc(Cl)cc2)cc1. The van der Waals surface area contributed by atoms with Gasteiger partial charge in [-0.05, 0) is 60.2 Å². The zero-order valence-electron chi connectivity index (χ0n) is 15.7. The van der Waals surface area contributed by atoms with E-state index in [1.54, 1.807) is 7.11 Å². The zero-order valence-corrected chi connectivity index (χ0v) is 18.0. The summed E-state index contributed by atoms with van der Waals surface area (Å²) in [6.45, 7) is 0. The molecule has 0 unspecified atom stereocenters. The predicted molar refractivity (Wildman–Crippen MR) is 118 cm³/mol. The number of hydrogen-bond donors (Lipinski definition) is 0. The summed E-state index contributed by atoms with van der Waals surface area (Å²) in [6.07, 6.45) is 0.505. The Hall–Kier alpha value is -2.50. The van der Waals surface area contributed by atoms with Gasteiger partial charge in [-0.2, -0.15) is 5.10 Å². The molecule has 146 valence electrons. The van der Waals surface area contributed by atoms with Crippen molar-refractivity contribution in [2.75, 3.05) is 7.11 Å². The summed E-state index contributed by atoms with van der Waals surface area (Å²) in [6, 6.07) is 22.0. The maximum atomic E-state index is 6.38. The highest BCUT2D eigenvalue weighted by Crippen LogP contribution is 2.48. The van der Waals surface area contributed by atoms with Gasteiger partial charge in [-0.3, -0.25) is 0 Å². The number of ether oxygens (including phenoxy) is 2. The Morgan fingerprint density at radius 3 is 2.55 bits per heavy atom. The molecule has 2 heterocycles. The van der Waals surface area contributed by atoms with Crippen molar-refractivity contribution in [1.29, 1.82) is 0 Å². The Bertz CT molecular complexity index is 1080.